The van der Waals surface area contributed by atoms with Gasteiger partial charge in [0.1, 0.15) is 0 Å². The van der Waals surface area contributed by atoms with E-state index in [1.54, 1.807) is 24.3 Å². The molecule has 0 amide bonds. The molecule has 0 saturated carbocycles. The van der Waals surface area contributed by atoms with Crippen molar-refractivity contribution in [3.63, 3.8) is 0 Å². The Morgan fingerprint density at radius 2 is 1.93 bits per heavy atom. The van der Waals surface area contributed by atoms with Crippen molar-refractivity contribution in [3.05, 3.63) is 24.3 Å². The molecule has 0 spiro atoms. The van der Waals surface area contributed by atoms with E-state index in [1.165, 1.54) is 0 Å². The Balaban J connectivity index is 0.000000980. The Labute approximate surface area is 123 Å². The van der Waals surface area contributed by atoms with Crippen LogP contribution in [0.25, 0.3) is 11.0 Å². The summed E-state index contributed by atoms with van der Waals surface area (Å²) in [4.78, 5) is 6.05. The van der Waals surface area contributed by atoms with Crippen molar-refractivity contribution in [2.24, 2.45) is 0 Å². The fourth-order valence-corrected chi connectivity index (χ4v) is 1.49. The first-order chi connectivity index (χ1) is 6.07. The molecule has 0 aliphatic heterocycles. The van der Waals surface area contributed by atoms with Crippen LogP contribution >= 0.6 is 0 Å². The number of imidazole rings is 1. The third-order valence-electron chi connectivity index (χ3n) is 1.60. The van der Waals surface area contributed by atoms with E-state index in [2.05, 4.69) is 9.97 Å². The first kappa shape index (κ1) is 12.3. The monoisotopic (exact) mass is 236 g/mol. The minimum Gasteiger partial charge on any atom is -0.742 e. The first-order valence-corrected chi connectivity index (χ1v) is 4.89. The summed E-state index contributed by atoms with van der Waals surface area (Å²) in [6, 6.07) is 6.71. The molecule has 0 bridgehead atoms. The largest absolute Gasteiger partial charge is 1.00 e. The quantitative estimate of drug-likeness (QED) is 0.437. The van der Waals surface area contributed by atoms with E-state index in [0.717, 1.165) is 0 Å². The van der Waals surface area contributed by atoms with E-state index in [0.29, 0.717) is 11.0 Å². The van der Waals surface area contributed by atoms with Crippen LogP contribution in [-0.2, 0) is 10.1 Å². The second-order valence-electron chi connectivity index (χ2n) is 2.51. The Bertz CT molecular complexity index is 516. The van der Waals surface area contributed by atoms with Crippen molar-refractivity contribution in [2.75, 3.05) is 0 Å². The molecule has 1 aromatic heterocycles. The van der Waals surface area contributed by atoms with Gasteiger partial charge in [0, 0.05) is 0 Å². The van der Waals surface area contributed by atoms with E-state index in [-0.39, 0.29) is 51.4 Å². The molecule has 68 valence electrons. The molecule has 0 aliphatic rings. The van der Waals surface area contributed by atoms with Crippen LogP contribution in [0.2, 0.25) is 0 Å². The Morgan fingerprint density at radius 1 is 1.29 bits per heavy atom. The predicted octanol–water partition coefficient (Wildman–Crippen LogP) is -2.53. The number of aromatic nitrogens is 2. The maximum Gasteiger partial charge on any atom is 1.00 e. The number of hydrogen-bond donors (Lipinski definition) is 1. The summed E-state index contributed by atoms with van der Waals surface area (Å²) in [7, 11) is -4.48. The first-order valence-electron chi connectivity index (χ1n) is 3.48. The molecule has 2 aromatic rings. The molecule has 14 heavy (non-hydrogen) atoms. The number of H-pyrrole nitrogens is 1. The van der Waals surface area contributed by atoms with E-state index in [9.17, 15) is 13.0 Å². The number of hydrogen-bond acceptors (Lipinski definition) is 4. The summed E-state index contributed by atoms with van der Waals surface area (Å²) in [6.45, 7) is 0. The van der Waals surface area contributed by atoms with Gasteiger partial charge in [0.2, 0.25) is 5.16 Å². The average Bonchev–Trinajstić information content (AvgIpc) is 2.45. The molecule has 0 atom stereocenters. The molecular formula is C7H5KN2O3S. The molecule has 5 nitrogen and oxygen atoms in total. The summed E-state index contributed by atoms with van der Waals surface area (Å²) >= 11 is 0. The van der Waals surface area contributed by atoms with Gasteiger partial charge in [0.05, 0.1) is 11.0 Å². The van der Waals surface area contributed by atoms with Gasteiger partial charge in [-0.25, -0.2) is 13.4 Å². The topological polar surface area (TPSA) is 85.9 Å². The van der Waals surface area contributed by atoms with Gasteiger partial charge in [0.15, 0.2) is 10.1 Å². The van der Waals surface area contributed by atoms with Crippen LogP contribution in [0.3, 0.4) is 0 Å². The van der Waals surface area contributed by atoms with Gasteiger partial charge < -0.3 is 9.54 Å². The maximum absolute atomic E-state index is 10.6. The molecular weight excluding hydrogens is 231 g/mol. The van der Waals surface area contributed by atoms with Gasteiger partial charge in [-0.05, 0) is 12.1 Å². The van der Waals surface area contributed by atoms with E-state index < -0.39 is 15.3 Å². The van der Waals surface area contributed by atoms with Crippen molar-refractivity contribution >= 4 is 21.2 Å². The molecule has 0 unspecified atom stereocenters. The van der Waals surface area contributed by atoms with Crippen molar-refractivity contribution in [1.29, 1.82) is 0 Å². The molecule has 1 heterocycles. The zero-order chi connectivity index (χ0) is 9.47. The number of nitrogens with one attached hydrogen (secondary N) is 1. The van der Waals surface area contributed by atoms with E-state index >= 15 is 0 Å². The zero-order valence-corrected chi connectivity index (χ0v) is 11.3. The van der Waals surface area contributed by atoms with E-state index in [4.69, 9.17) is 0 Å². The number of rotatable bonds is 1. The molecule has 0 aliphatic carbocycles. The molecule has 1 aromatic carbocycles. The van der Waals surface area contributed by atoms with Gasteiger partial charge >= 0.3 is 51.4 Å². The molecule has 0 saturated heterocycles. The second-order valence-corrected chi connectivity index (χ2v) is 3.81. The third kappa shape index (κ3) is 2.43. The van der Waals surface area contributed by atoms with Gasteiger partial charge in [-0.3, -0.25) is 0 Å². The van der Waals surface area contributed by atoms with Gasteiger partial charge in [-0.15, -0.1) is 0 Å². The fourth-order valence-electron chi connectivity index (χ4n) is 1.05. The van der Waals surface area contributed by atoms with Crippen LogP contribution in [0.1, 0.15) is 0 Å². The number of para-hydroxylation sites is 2. The van der Waals surface area contributed by atoms with E-state index in [1.807, 2.05) is 0 Å². The number of benzene rings is 1. The zero-order valence-electron chi connectivity index (χ0n) is 7.39. The Morgan fingerprint density at radius 3 is 2.50 bits per heavy atom. The fraction of sp³-hybridized carbons (Fsp3) is 0. The van der Waals surface area contributed by atoms with Crippen LogP contribution in [0.4, 0.5) is 0 Å². The van der Waals surface area contributed by atoms with Crippen molar-refractivity contribution in [1.82, 2.24) is 9.97 Å². The maximum atomic E-state index is 10.6. The van der Waals surface area contributed by atoms with Crippen molar-refractivity contribution in [3.8, 4) is 0 Å². The summed E-state index contributed by atoms with van der Waals surface area (Å²) in [5.41, 5.74) is 1.01. The van der Waals surface area contributed by atoms with Crippen molar-refractivity contribution < 1.29 is 64.4 Å². The third-order valence-corrected chi connectivity index (χ3v) is 2.27. The molecule has 7 heteroatoms. The van der Waals surface area contributed by atoms with Crippen LogP contribution < -0.4 is 51.4 Å². The normalized spacial score (nSPS) is 11.2. The number of nitrogens with zero attached hydrogens (tertiary/aromatic N) is 1. The van der Waals surface area contributed by atoms with Gasteiger partial charge in [-0.1, -0.05) is 12.1 Å². The van der Waals surface area contributed by atoms with Crippen molar-refractivity contribution in [2.45, 2.75) is 5.16 Å². The summed E-state index contributed by atoms with van der Waals surface area (Å²) in [6.07, 6.45) is 0. The molecule has 0 fully saturated rings. The Kier molecular flexibility index (Phi) is 3.86. The minimum absolute atomic E-state index is 0. The predicted molar refractivity (Wildman–Crippen MR) is 44.1 cm³/mol. The summed E-state index contributed by atoms with van der Waals surface area (Å²) in [5.74, 6) is 0. The summed E-state index contributed by atoms with van der Waals surface area (Å²) < 4.78 is 31.7. The molecule has 0 radical (unpaired) electrons. The average molecular weight is 236 g/mol. The van der Waals surface area contributed by atoms with Gasteiger partial charge in [-0.2, -0.15) is 0 Å². The molecule has 2 rings (SSSR count). The number of fused-ring (bicyclic) bond motifs is 1. The minimum atomic E-state index is -4.48. The van der Waals surface area contributed by atoms with Gasteiger partial charge in [0.25, 0.3) is 0 Å². The van der Waals surface area contributed by atoms with Crippen LogP contribution in [0.15, 0.2) is 29.4 Å². The second kappa shape index (κ2) is 4.39. The van der Waals surface area contributed by atoms with Crippen LogP contribution in [0.5, 0.6) is 0 Å². The van der Waals surface area contributed by atoms with Crippen LogP contribution in [0, 0.1) is 0 Å². The van der Waals surface area contributed by atoms with Crippen LogP contribution in [-0.4, -0.2) is 22.9 Å². The standard InChI is InChI=1S/C7H6N2O3S.K/c10-13(11,12)7-8-5-3-1-2-4-6(5)9-7;/h1-4H,(H,8,9)(H,10,11,12);/q;+1/p-1. The Hall–Kier alpha value is 0.236. The molecule has 1 N–H and O–H groups in total. The summed E-state index contributed by atoms with van der Waals surface area (Å²) in [5, 5.41) is -0.534. The SMILES string of the molecule is O=S(=O)([O-])c1nc2ccccc2[nH]1.[K+]. The smallest absolute Gasteiger partial charge is 0.742 e. The number of aromatic amines is 1.